The first-order valence-electron chi connectivity index (χ1n) is 11.6. The topological polar surface area (TPSA) is 103 Å². The number of H-pyrrole nitrogens is 1. The molecule has 0 bridgehead atoms. The molecule has 6 nitrogen and oxygen atoms in total. The Morgan fingerprint density at radius 1 is 1.24 bits per heavy atom. The first kappa shape index (κ1) is 23.6. The number of rotatable bonds is 9. The zero-order chi connectivity index (χ0) is 23.5. The van der Waals surface area contributed by atoms with E-state index >= 15 is 0 Å². The van der Waals surface area contributed by atoms with Crippen molar-refractivity contribution < 1.29 is 18.8 Å². The third-order valence-electron chi connectivity index (χ3n) is 6.78. The molecule has 0 radical (unpaired) electrons. The van der Waals surface area contributed by atoms with Gasteiger partial charge in [0.1, 0.15) is 17.6 Å². The second-order valence-electron chi connectivity index (χ2n) is 9.35. The van der Waals surface area contributed by atoms with Gasteiger partial charge in [0, 0.05) is 30.1 Å². The molecule has 33 heavy (non-hydrogen) atoms. The van der Waals surface area contributed by atoms with Crippen LogP contribution in [0.2, 0.25) is 0 Å². The molecule has 2 aliphatic carbocycles. The number of halogens is 2. The lowest BCUT2D eigenvalue weighted by Gasteiger charge is -2.24. The van der Waals surface area contributed by atoms with E-state index in [2.05, 4.69) is 32.3 Å². The number of nitriles is 1. The first-order chi connectivity index (χ1) is 15.9. The summed E-state index contributed by atoms with van der Waals surface area (Å²) in [6.07, 6.45) is 6.16. The number of aromatic amines is 1. The van der Waals surface area contributed by atoms with E-state index in [0.717, 1.165) is 32.1 Å². The molecule has 8 heteroatoms. The highest BCUT2D eigenvalue weighted by atomic mass is 79.9. The van der Waals surface area contributed by atoms with Crippen molar-refractivity contribution in [2.24, 2.45) is 17.8 Å². The number of carbonyl (C=O) groups excluding carboxylic acids is 3. The van der Waals surface area contributed by atoms with Gasteiger partial charge in [-0.05, 0) is 65.7 Å². The van der Waals surface area contributed by atoms with Gasteiger partial charge < -0.3 is 10.3 Å². The fourth-order valence-electron chi connectivity index (χ4n) is 4.68. The van der Waals surface area contributed by atoms with E-state index in [1.807, 2.05) is 0 Å². The van der Waals surface area contributed by atoms with Crippen LogP contribution in [0.4, 0.5) is 4.39 Å². The van der Waals surface area contributed by atoms with Crippen LogP contribution < -0.4 is 5.32 Å². The standard InChI is InChI=1S/C25H27BrFN3O3/c26-23-19(27)8-7-16-11-20(30-24(16)23)22(32)12-17(9-14-5-6-14)25(33)29-18(13-28)10-15-3-1-2-4-21(15)31/h7-8,11,14-15,17-18,30H,1-6,9-10,12H2,(H,29,33). The molecular weight excluding hydrogens is 489 g/mol. The Bertz CT molecular complexity index is 1120. The molecule has 0 aliphatic heterocycles. The van der Waals surface area contributed by atoms with Crippen molar-refractivity contribution in [3.8, 4) is 6.07 Å². The molecule has 1 aromatic heterocycles. The SMILES string of the molecule is N#CC(CC1CCCCC1=O)NC(=O)C(CC(=O)c1cc2ccc(F)c(Br)c2[nH]1)CC1CC1. The largest absolute Gasteiger partial charge is 0.351 e. The van der Waals surface area contributed by atoms with Gasteiger partial charge in [0.05, 0.1) is 21.8 Å². The minimum atomic E-state index is -0.742. The molecule has 1 amide bonds. The molecule has 0 saturated heterocycles. The van der Waals surface area contributed by atoms with Crippen molar-refractivity contribution in [3.05, 3.63) is 34.2 Å². The van der Waals surface area contributed by atoms with Crippen LogP contribution in [-0.4, -0.2) is 28.5 Å². The van der Waals surface area contributed by atoms with Crippen LogP contribution >= 0.6 is 15.9 Å². The maximum absolute atomic E-state index is 13.8. The van der Waals surface area contributed by atoms with Gasteiger partial charge in [0.2, 0.25) is 5.91 Å². The molecule has 2 aromatic rings. The van der Waals surface area contributed by atoms with Crippen LogP contribution in [0.5, 0.6) is 0 Å². The monoisotopic (exact) mass is 515 g/mol. The summed E-state index contributed by atoms with van der Waals surface area (Å²) < 4.78 is 14.1. The van der Waals surface area contributed by atoms with Crippen LogP contribution in [0.15, 0.2) is 22.7 Å². The van der Waals surface area contributed by atoms with Gasteiger partial charge >= 0.3 is 0 Å². The van der Waals surface area contributed by atoms with E-state index in [1.54, 1.807) is 12.1 Å². The smallest absolute Gasteiger partial charge is 0.224 e. The van der Waals surface area contributed by atoms with Gasteiger partial charge in [-0.1, -0.05) is 19.3 Å². The lowest BCUT2D eigenvalue weighted by atomic mass is 9.83. The van der Waals surface area contributed by atoms with Gasteiger partial charge in [0.15, 0.2) is 5.78 Å². The number of benzene rings is 1. The molecule has 1 aromatic carbocycles. The molecule has 174 valence electrons. The van der Waals surface area contributed by atoms with Crippen molar-refractivity contribution in [1.29, 1.82) is 5.26 Å². The fraction of sp³-hybridized carbons (Fsp3) is 0.520. The second kappa shape index (κ2) is 10.2. The molecule has 1 heterocycles. The quantitative estimate of drug-likeness (QED) is 0.447. The van der Waals surface area contributed by atoms with E-state index < -0.39 is 17.8 Å². The van der Waals surface area contributed by atoms with E-state index in [0.29, 0.717) is 41.8 Å². The highest BCUT2D eigenvalue weighted by Crippen LogP contribution is 2.37. The summed E-state index contributed by atoms with van der Waals surface area (Å²) in [5, 5.41) is 13.1. The summed E-state index contributed by atoms with van der Waals surface area (Å²) in [4.78, 5) is 41.2. The lowest BCUT2D eigenvalue weighted by Crippen LogP contribution is -2.41. The van der Waals surface area contributed by atoms with Crippen LogP contribution in [0, 0.1) is 34.9 Å². The molecular formula is C25H27BrFN3O3. The van der Waals surface area contributed by atoms with Crippen molar-refractivity contribution in [2.45, 2.75) is 63.8 Å². The molecule has 3 unspecified atom stereocenters. The normalized spacial score (nSPS) is 20.3. The predicted molar refractivity (Wildman–Crippen MR) is 125 cm³/mol. The van der Waals surface area contributed by atoms with E-state index in [1.165, 1.54) is 6.07 Å². The molecule has 2 saturated carbocycles. The summed E-state index contributed by atoms with van der Waals surface area (Å²) in [5.74, 6) is -1.11. The minimum absolute atomic E-state index is 0.00969. The number of ketones is 2. The van der Waals surface area contributed by atoms with Crippen molar-refractivity contribution in [2.75, 3.05) is 0 Å². The van der Waals surface area contributed by atoms with Gasteiger partial charge in [0.25, 0.3) is 0 Å². The number of hydrogen-bond donors (Lipinski definition) is 2. The Morgan fingerprint density at radius 2 is 2.03 bits per heavy atom. The number of hydrogen-bond acceptors (Lipinski definition) is 4. The highest BCUT2D eigenvalue weighted by molar-refractivity contribution is 9.10. The average molecular weight is 516 g/mol. The maximum Gasteiger partial charge on any atom is 0.224 e. The molecule has 2 fully saturated rings. The second-order valence-corrected chi connectivity index (χ2v) is 10.1. The first-order valence-corrected chi connectivity index (χ1v) is 12.4. The zero-order valence-corrected chi connectivity index (χ0v) is 19.9. The Hall–Kier alpha value is -2.53. The minimum Gasteiger partial charge on any atom is -0.351 e. The summed E-state index contributed by atoms with van der Waals surface area (Å²) in [5.41, 5.74) is 0.831. The molecule has 0 spiro atoms. The fourth-order valence-corrected chi connectivity index (χ4v) is 5.14. The van der Waals surface area contributed by atoms with Crippen LogP contribution in [0.1, 0.15) is 68.3 Å². The van der Waals surface area contributed by atoms with Crippen LogP contribution in [0.3, 0.4) is 0 Å². The Morgan fingerprint density at radius 3 is 2.73 bits per heavy atom. The number of aromatic nitrogens is 1. The van der Waals surface area contributed by atoms with Gasteiger partial charge in [-0.15, -0.1) is 0 Å². The summed E-state index contributed by atoms with van der Waals surface area (Å²) in [7, 11) is 0. The van der Waals surface area contributed by atoms with E-state index in [-0.39, 0.29) is 34.3 Å². The van der Waals surface area contributed by atoms with Crippen LogP contribution in [-0.2, 0) is 9.59 Å². The van der Waals surface area contributed by atoms with Gasteiger partial charge in [-0.3, -0.25) is 14.4 Å². The third-order valence-corrected chi connectivity index (χ3v) is 7.55. The predicted octanol–water partition coefficient (Wildman–Crippen LogP) is 5.22. The number of nitrogens with zero attached hydrogens (tertiary/aromatic N) is 1. The van der Waals surface area contributed by atoms with Crippen molar-refractivity contribution in [1.82, 2.24) is 10.3 Å². The average Bonchev–Trinajstić information content (AvgIpc) is 3.51. The number of fused-ring (bicyclic) bond motifs is 1. The third kappa shape index (κ3) is 5.70. The van der Waals surface area contributed by atoms with Crippen molar-refractivity contribution in [3.63, 3.8) is 0 Å². The maximum atomic E-state index is 13.8. The lowest BCUT2D eigenvalue weighted by molar-refractivity contribution is -0.127. The van der Waals surface area contributed by atoms with Gasteiger partial charge in [-0.2, -0.15) is 5.26 Å². The van der Waals surface area contributed by atoms with Crippen LogP contribution in [0.25, 0.3) is 10.9 Å². The summed E-state index contributed by atoms with van der Waals surface area (Å²) in [6, 6.07) is 5.98. The van der Waals surface area contributed by atoms with Crippen molar-refractivity contribution >= 4 is 44.3 Å². The number of amides is 1. The number of carbonyl (C=O) groups is 3. The Labute approximate surface area is 200 Å². The Balaban J connectivity index is 1.44. The highest BCUT2D eigenvalue weighted by Gasteiger charge is 2.33. The molecule has 3 atom stereocenters. The molecule has 4 rings (SSSR count). The van der Waals surface area contributed by atoms with Gasteiger partial charge in [-0.25, -0.2) is 4.39 Å². The molecule has 2 aliphatic rings. The Kier molecular flexibility index (Phi) is 7.28. The van der Waals surface area contributed by atoms with E-state index in [4.69, 9.17) is 0 Å². The number of Topliss-reactive ketones (excluding diaryl/α,β-unsaturated/α-hetero) is 2. The zero-order valence-electron chi connectivity index (χ0n) is 18.3. The summed E-state index contributed by atoms with van der Waals surface area (Å²) in [6.45, 7) is 0. The summed E-state index contributed by atoms with van der Waals surface area (Å²) >= 11 is 3.20. The molecule has 2 N–H and O–H groups in total. The number of nitrogens with one attached hydrogen (secondary N) is 2. The van der Waals surface area contributed by atoms with E-state index in [9.17, 15) is 24.0 Å².